The van der Waals surface area contributed by atoms with Crippen molar-refractivity contribution in [3.8, 4) is 0 Å². The summed E-state index contributed by atoms with van der Waals surface area (Å²) >= 11 is 0. The maximum absolute atomic E-state index is 12.1. The lowest BCUT2D eigenvalue weighted by atomic mass is 10.4. The predicted molar refractivity (Wildman–Crippen MR) is 64.3 cm³/mol. The molecule has 0 aliphatic heterocycles. The van der Waals surface area contributed by atoms with Gasteiger partial charge in [-0.2, -0.15) is 13.2 Å². The van der Waals surface area contributed by atoms with Gasteiger partial charge in [0, 0.05) is 26.8 Å². The number of anilines is 1. The smallest absolute Gasteiger partial charge is 0.372 e. The fraction of sp³-hybridized carbons (Fsp3) is 0.500. The van der Waals surface area contributed by atoms with Gasteiger partial charge in [-0.25, -0.2) is 17.7 Å². The molecule has 0 amide bonds. The van der Waals surface area contributed by atoms with Crippen LogP contribution in [0.25, 0.3) is 0 Å². The van der Waals surface area contributed by atoms with E-state index in [4.69, 9.17) is 0 Å². The first-order valence-electron chi connectivity index (χ1n) is 5.34. The molecule has 0 saturated heterocycles. The van der Waals surface area contributed by atoms with E-state index in [0.717, 1.165) is 7.05 Å². The molecule has 1 N–H and O–H groups in total. The molecule has 0 radical (unpaired) electrons. The van der Waals surface area contributed by atoms with Gasteiger partial charge in [-0.1, -0.05) is 0 Å². The molecule has 108 valence electrons. The van der Waals surface area contributed by atoms with Crippen LogP contribution in [-0.2, 0) is 10.0 Å². The Balaban J connectivity index is 2.97. The standard InChI is InChI=1S/C10H14F3N3O2S/c1-14-9-8(4-3-6-15-9)19(17,18)16(2)7-5-10(11,12)13/h3-4,6H,5,7H2,1-2H3,(H,14,15). The van der Waals surface area contributed by atoms with Gasteiger partial charge in [0.25, 0.3) is 0 Å². The predicted octanol–water partition coefficient (Wildman–Crippen LogP) is 1.70. The molecule has 0 aliphatic carbocycles. The number of hydrogen-bond donors (Lipinski definition) is 1. The molecule has 0 atom stereocenters. The minimum Gasteiger partial charge on any atom is -0.372 e. The SMILES string of the molecule is CNc1ncccc1S(=O)(=O)N(C)CCC(F)(F)F. The van der Waals surface area contributed by atoms with E-state index < -0.39 is 29.2 Å². The third kappa shape index (κ3) is 4.06. The van der Waals surface area contributed by atoms with Crippen LogP contribution in [0.15, 0.2) is 23.2 Å². The number of hydrogen-bond acceptors (Lipinski definition) is 4. The first-order valence-corrected chi connectivity index (χ1v) is 6.78. The average molecular weight is 297 g/mol. The van der Waals surface area contributed by atoms with Gasteiger partial charge in [0.1, 0.15) is 10.7 Å². The van der Waals surface area contributed by atoms with E-state index in [0.29, 0.717) is 4.31 Å². The van der Waals surface area contributed by atoms with Crippen molar-refractivity contribution in [1.82, 2.24) is 9.29 Å². The summed E-state index contributed by atoms with van der Waals surface area (Å²) < 4.78 is 61.2. The Labute approximate surface area is 109 Å². The Morgan fingerprint density at radius 2 is 2.05 bits per heavy atom. The van der Waals surface area contributed by atoms with Gasteiger partial charge in [-0.05, 0) is 12.1 Å². The number of alkyl halides is 3. The maximum Gasteiger partial charge on any atom is 0.390 e. The number of nitrogens with one attached hydrogen (secondary N) is 1. The minimum absolute atomic E-state index is 0.0985. The molecule has 0 aromatic carbocycles. The lowest BCUT2D eigenvalue weighted by molar-refractivity contribution is -0.135. The molecular weight excluding hydrogens is 283 g/mol. The number of pyridine rings is 1. The van der Waals surface area contributed by atoms with Crippen LogP contribution >= 0.6 is 0 Å². The van der Waals surface area contributed by atoms with Crippen LogP contribution in [0.4, 0.5) is 19.0 Å². The van der Waals surface area contributed by atoms with Crippen molar-refractivity contribution in [2.75, 3.05) is 26.0 Å². The summed E-state index contributed by atoms with van der Waals surface area (Å²) in [6.07, 6.45) is -4.21. The Bertz CT molecular complexity index is 531. The molecule has 9 heteroatoms. The number of halogens is 3. The van der Waals surface area contributed by atoms with Gasteiger partial charge < -0.3 is 5.32 Å². The van der Waals surface area contributed by atoms with Crippen LogP contribution in [0.5, 0.6) is 0 Å². The van der Waals surface area contributed by atoms with Crippen molar-refractivity contribution in [3.05, 3.63) is 18.3 Å². The molecule has 0 bridgehead atoms. The van der Waals surface area contributed by atoms with E-state index in [1.165, 1.54) is 25.4 Å². The molecular formula is C10H14F3N3O2S. The zero-order valence-corrected chi connectivity index (χ0v) is 11.2. The summed E-state index contributed by atoms with van der Waals surface area (Å²) in [4.78, 5) is 3.66. The van der Waals surface area contributed by atoms with Gasteiger partial charge in [0.15, 0.2) is 0 Å². The lowest BCUT2D eigenvalue weighted by Crippen LogP contribution is -2.31. The largest absolute Gasteiger partial charge is 0.390 e. The zero-order chi connectivity index (χ0) is 14.7. The molecule has 1 aromatic heterocycles. The molecule has 1 aromatic rings. The van der Waals surface area contributed by atoms with E-state index in [-0.39, 0.29) is 10.7 Å². The molecule has 0 aliphatic rings. The molecule has 0 spiro atoms. The van der Waals surface area contributed by atoms with E-state index in [1.54, 1.807) is 0 Å². The monoisotopic (exact) mass is 297 g/mol. The fourth-order valence-corrected chi connectivity index (χ4v) is 2.68. The van der Waals surface area contributed by atoms with Crippen molar-refractivity contribution in [2.45, 2.75) is 17.5 Å². The van der Waals surface area contributed by atoms with Crippen LogP contribution in [0.3, 0.4) is 0 Å². The first-order chi connectivity index (χ1) is 8.68. The van der Waals surface area contributed by atoms with Crippen molar-refractivity contribution >= 4 is 15.8 Å². The van der Waals surface area contributed by atoms with Gasteiger partial charge >= 0.3 is 6.18 Å². The summed E-state index contributed by atoms with van der Waals surface area (Å²) in [6.45, 7) is -0.635. The van der Waals surface area contributed by atoms with Crippen molar-refractivity contribution in [1.29, 1.82) is 0 Å². The van der Waals surface area contributed by atoms with Gasteiger partial charge in [0.2, 0.25) is 10.0 Å². The van der Waals surface area contributed by atoms with Crippen LogP contribution < -0.4 is 5.32 Å². The van der Waals surface area contributed by atoms with E-state index >= 15 is 0 Å². The highest BCUT2D eigenvalue weighted by atomic mass is 32.2. The van der Waals surface area contributed by atoms with Crippen LogP contribution in [0.1, 0.15) is 6.42 Å². The highest BCUT2D eigenvalue weighted by molar-refractivity contribution is 7.89. The highest BCUT2D eigenvalue weighted by Gasteiger charge is 2.31. The zero-order valence-electron chi connectivity index (χ0n) is 10.4. The third-order valence-electron chi connectivity index (χ3n) is 2.41. The van der Waals surface area contributed by atoms with E-state index in [1.807, 2.05) is 0 Å². The van der Waals surface area contributed by atoms with Gasteiger partial charge in [-0.15, -0.1) is 0 Å². The molecule has 0 fully saturated rings. The normalized spacial score (nSPS) is 12.7. The topological polar surface area (TPSA) is 62.3 Å². The fourth-order valence-electron chi connectivity index (χ4n) is 1.36. The summed E-state index contributed by atoms with van der Waals surface area (Å²) in [5.74, 6) is 0.0985. The Hall–Kier alpha value is -1.35. The Morgan fingerprint density at radius 3 is 2.58 bits per heavy atom. The van der Waals surface area contributed by atoms with E-state index in [9.17, 15) is 21.6 Å². The molecule has 5 nitrogen and oxygen atoms in total. The average Bonchev–Trinajstić information content (AvgIpc) is 2.34. The second-order valence-corrected chi connectivity index (χ2v) is 5.81. The molecule has 0 unspecified atom stereocenters. The summed E-state index contributed by atoms with van der Waals surface area (Å²) in [5.41, 5.74) is 0. The maximum atomic E-state index is 12.1. The quantitative estimate of drug-likeness (QED) is 0.898. The van der Waals surface area contributed by atoms with Crippen molar-refractivity contribution < 1.29 is 21.6 Å². The molecule has 19 heavy (non-hydrogen) atoms. The molecule has 1 heterocycles. The number of rotatable bonds is 5. The molecule has 1 rings (SSSR count). The highest BCUT2D eigenvalue weighted by Crippen LogP contribution is 2.24. The lowest BCUT2D eigenvalue weighted by Gasteiger charge is -2.19. The number of aromatic nitrogens is 1. The molecule has 0 saturated carbocycles. The Morgan fingerprint density at radius 1 is 1.42 bits per heavy atom. The second-order valence-electron chi connectivity index (χ2n) is 3.79. The second kappa shape index (κ2) is 5.74. The van der Waals surface area contributed by atoms with Crippen molar-refractivity contribution in [3.63, 3.8) is 0 Å². The first kappa shape index (κ1) is 15.7. The van der Waals surface area contributed by atoms with Crippen LogP contribution in [-0.4, -0.2) is 44.5 Å². The van der Waals surface area contributed by atoms with Crippen LogP contribution in [0, 0.1) is 0 Å². The number of nitrogens with zero attached hydrogens (tertiary/aromatic N) is 2. The summed E-state index contributed by atoms with van der Waals surface area (Å²) in [5, 5.41) is 2.59. The Kier molecular flexibility index (Phi) is 4.75. The van der Waals surface area contributed by atoms with Gasteiger partial charge in [-0.3, -0.25) is 0 Å². The summed E-state index contributed by atoms with van der Waals surface area (Å²) in [7, 11) is -1.41. The van der Waals surface area contributed by atoms with Crippen molar-refractivity contribution in [2.24, 2.45) is 0 Å². The summed E-state index contributed by atoms with van der Waals surface area (Å²) in [6, 6.07) is 2.70. The number of sulfonamides is 1. The minimum atomic E-state index is -4.40. The van der Waals surface area contributed by atoms with E-state index in [2.05, 4.69) is 10.3 Å². The van der Waals surface area contributed by atoms with Crippen LogP contribution in [0.2, 0.25) is 0 Å². The third-order valence-corrected chi connectivity index (χ3v) is 4.29. The van der Waals surface area contributed by atoms with Gasteiger partial charge in [0.05, 0.1) is 6.42 Å².